The summed E-state index contributed by atoms with van der Waals surface area (Å²) >= 11 is 0. The molecule has 1 atom stereocenters. The zero-order valence-corrected chi connectivity index (χ0v) is 9.74. The summed E-state index contributed by atoms with van der Waals surface area (Å²) in [5, 5.41) is 2.60. The van der Waals surface area contributed by atoms with Gasteiger partial charge in [0, 0.05) is 13.5 Å². The summed E-state index contributed by atoms with van der Waals surface area (Å²) in [6.07, 6.45) is 0.421. The monoisotopic (exact) mass is 254 g/mol. The van der Waals surface area contributed by atoms with Crippen molar-refractivity contribution in [3.05, 3.63) is 35.4 Å². The smallest absolute Gasteiger partial charge is 0.341 e. The molecule has 1 aromatic carbocycles. The minimum atomic E-state index is -0.933. The lowest BCUT2D eigenvalue weighted by molar-refractivity contribution is 0.233. The van der Waals surface area contributed by atoms with E-state index in [9.17, 15) is 13.6 Å². The zero-order valence-electron chi connectivity index (χ0n) is 9.74. The molecule has 0 radical (unpaired) electrons. The fourth-order valence-electron chi connectivity index (χ4n) is 1.85. The molecule has 1 aliphatic rings. The average Bonchev–Trinajstić information content (AvgIpc) is 2.32. The first-order chi connectivity index (χ1) is 8.60. The molecule has 1 aliphatic heterocycles. The van der Waals surface area contributed by atoms with Crippen LogP contribution < -0.4 is 5.32 Å². The number of aliphatic imine (C=N–C) groups is 1. The molecule has 1 N–H and O–H groups in total. The van der Waals surface area contributed by atoms with Crippen molar-refractivity contribution < 1.29 is 18.3 Å². The molecule has 0 fully saturated rings. The predicted molar refractivity (Wildman–Crippen MR) is 61.6 cm³/mol. The minimum Gasteiger partial charge on any atom is -0.379 e. The molecule has 0 spiro atoms. The molecule has 2 amide bonds. The van der Waals surface area contributed by atoms with Gasteiger partial charge in [0.1, 0.15) is 0 Å². The highest BCUT2D eigenvalue weighted by molar-refractivity contribution is 5.98. The van der Waals surface area contributed by atoms with Crippen LogP contribution in [0, 0.1) is 11.6 Å². The largest absolute Gasteiger partial charge is 0.379 e. The maximum Gasteiger partial charge on any atom is 0.341 e. The quantitative estimate of drug-likeness (QED) is 0.899. The third kappa shape index (κ3) is 2.70. The van der Waals surface area contributed by atoms with Crippen LogP contribution in [0.3, 0.4) is 0 Å². The summed E-state index contributed by atoms with van der Waals surface area (Å²) in [6.45, 7) is 0.244. The topological polar surface area (TPSA) is 50.7 Å². The molecule has 1 heterocycles. The summed E-state index contributed by atoms with van der Waals surface area (Å²) < 4.78 is 30.9. The predicted octanol–water partition coefficient (Wildman–Crippen LogP) is 2.21. The van der Waals surface area contributed by atoms with Crippen LogP contribution in [0.2, 0.25) is 0 Å². The number of urea groups is 1. The van der Waals surface area contributed by atoms with E-state index in [0.29, 0.717) is 17.7 Å². The second kappa shape index (κ2) is 5.22. The molecule has 1 aromatic rings. The van der Waals surface area contributed by atoms with Crippen molar-refractivity contribution in [3.63, 3.8) is 0 Å². The highest BCUT2D eigenvalue weighted by Gasteiger charge is 2.23. The first-order valence-corrected chi connectivity index (χ1v) is 5.41. The number of carbonyl (C=O) groups excluding carboxylic acids is 1. The van der Waals surface area contributed by atoms with Crippen molar-refractivity contribution >= 4 is 11.7 Å². The Hall–Kier alpha value is -1.82. The standard InChI is InChI=1S/C12H12F2N2O2/c1-18-6-8-5-11(16-12(17)15-8)7-2-3-9(13)10(14)4-7/h2-4,11H,5-6H2,1H3,(H,16,17)/t11-/m0/s1. The van der Waals surface area contributed by atoms with E-state index in [-0.39, 0.29) is 6.61 Å². The Morgan fingerprint density at radius 2 is 2.22 bits per heavy atom. The molecule has 0 aromatic heterocycles. The normalized spacial score (nSPS) is 19.4. The van der Waals surface area contributed by atoms with E-state index in [4.69, 9.17) is 4.74 Å². The number of hydrogen-bond acceptors (Lipinski definition) is 2. The van der Waals surface area contributed by atoms with Gasteiger partial charge in [0.05, 0.1) is 18.4 Å². The van der Waals surface area contributed by atoms with E-state index in [0.717, 1.165) is 12.1 Å². The molecular weight excluding hydrogens is 242 g/mol. The molecule has 0 bridgehead atoms. The molecule has 4 nitrogen and oxygen atoms in total. The number of ether oxygens (including phenoxy) is 1. The van der Waals surface area contributed by atoms with Crippen LogP contribution in [-0.2, 0) is 4.74 Å². The molecule has 2 rings (SSSR count). The van der Waals surface area contributed by atoms with Crippen molar-refractivity contribution in [1.29, 1.82) is 0 Å². The van der Waals surface area contributed by atoms with Gasteiger partial charge in [0.15, 0.2) is 11.6 Å². The number of methoxy groups -OCH3 is 1. The summed E-state index contributed by atoms with van der Waals surface area (Å²) in [5.74, 6) is -1.84. The first-order valence-electron chi connectivity index (χ1n) is 5.41. The molecule has 96 valence electrons. The van der Waals surface area contributed by atoms with Gasteiger partial charge in [0.2, 0.25) is 0 Å². The Morgan fingerprint density at radius 1 is 1.44 bits per heavy atom. The van der Waals surface area contributed by atoms with Crippen molar-refractivity contribution in [2.45, 2.75) is 12.5 Å². The maximum absolute atomic E-state index is 13.1. The van der Waals surface area contributed by atoms with Gasteiger partial charge >= 0.3 is 6.03 Å². The van der Waals surface area contributed by atoms with Gasteiger partial charge in [-0.2, -0.15) is 0 Å². The molecular formula is C12H12F2N2O2. The zero-order chi connectivity index (χ0) is 13.1. The van der Waals surface area contributed by atoms with Crippen LogP contribution in [0.5, 0.6) is 0 Å². The van der Waals surface area contributed by atoms with Crippen LogP contribution in [0.1, 0.15) is 18.0 Å². The number of hydrogen-bond donors (Lipinski definition) is 1. The Bertz CT molecular complexity index is 503. The second-order valence-corrected chi connectivity index (χ2v) is 3.99. The third-order valence-corrected chi connectivity index (χ3v) is 2.65. The van der Waals surface area contributed by atoms with Gasteiger partial charge in [-0.15, -0.1) is 0 Å². The lowest BCUT2D eigenvalue weighted by Crippen LogP contribution is -2.34. The number of nitrogens with zero attached hydrogens (tertiary/aromatic N) is 1. The summed E-state index contributed by atoms with van der Waals surface area (Å²) in [5.41, 5.74) is 1.08. The van der Waals surface area contributed by atoms with Gasteiger partial charge in [-0.3, -0.25) is 0 Å². The fourth-order valence-corrected chi connectivity index (χ4v) is 1.85. The SMILES string of the molecule is COCC1=NC(=O)N[C@H](c2ccc(F)c(F)c2)C1. The van der Waals surface area contributed by atoms with Gasteiger partial charge < -0.3 is 10.1 Å². The van der Waals surface area contributed by atoms with Crippen LogP contribution in [-0.4, -0.2) is 25.5 Å². The molecule has 0 aliphatic carbocycles. The molecule has 0 saturated carbocycles. The van der Waals surface area contributed by atoms with Crippen molar-refractivity contribution in [3.8, 4) is 0 Å². The van der Waals surface area contributed by atoms with E-state index < -0.39 is 23.7 Å². The molecule has 18 heavy (non-hydrogen) atoms. The number of carbonyl (C=O) groups is 1. The van der Waals surface area contributed by atoms with Crippen molar-refractivity contribution in [1.82, 2.24) is 5.32 Å². The van der Waals surface area contributed by atoms with Crippen molar-refractivity contribution in [2.75, 3.05) is 13.7 Å². The van der Waals surface area contributed by atoms with E-state index in [1.54, 1.807) is 0 Å². The maximum atomic E-state index is 13.1. The Morgan fingerprint density at radius 3 is 2.89 bits per heavy atom. The van der Waals surface area contributed by atoms with E-state index >= 15 is 0 Å². The van der Waals surface area contributed by atoms with Crippen LogP contribution in [0.15, 0.2) is 23.2 Å². The number of nitrogens with one attached hydrogen (secondary N) is 1. The Kier molecular flexibility index (Phi) is 3.66. The Labute approximate surface area is 103 Å². The van der Waals surface area contributed by atoms with Crippen LogP contribution in [0.25, 0.3) is 0 Å². The fraction of sp³-hybridized carbons (Fsp3) is 0.333. The van der Waals surface area contributed by atoms with E-state index in [1.807, 2.05) is 0 Å². The van der Waals surface area contributed by atoms with Crippen LogP contribution in [0.4, 0.5) is 13.6 Å². The Balaban J connectivity index is 2.21. The molecule has 0 saturated heterocycles. The lowest BCUT2D eigenvalue weighted by atomic mass is 10.00. The van der Waals surface area contributed by atoms with E-state index in [1.165, 1.54) is 13.2 Å². The number of halogens is 2. The summed E-state index contributed by atoms with van der Waals surface area (Å²) in [4.78, 5) is 15.1. The van der Waals surface area contributed by atoms with Gasteiger partial charge in [-0.05, 0) is 17.7 Å². The number of rotatable bonds is 3. The van der Waals surface area contributed by atoms with E-state index in [2.05, 4.69) is 10.3 Å². The van der Waals surface area contributed by atoms with Crippen LogP contribution >= 0.6 is 0 Å². The van der Waals surface area contributed by atoms with Crippen molar-refractivity contribution in [2.24, 2.45) is 4.99 Å². The lowest BCUT2D eigenvalue weighted by Gasteiger charge is -2.23. The van der Waals surface area contributed by atoms with Gasteiger partial charge in [-0.1, -0.05) is 6.07 Å². The second-order valence-electron chi connectivity index (χ2n) is 3.99. The number of amides is 2. The third-order valence-electron chi connectivity index (χ3n) is 2.65. The molecule has 6 heteroatoms. The highest BCUT2D eigenvalue weighted by Crippen LogP contribution is 2.22. The molecule has 0 unspecified atom stereocenters. The number of benzene rings is 1. The summed E-state index contributed by atoms with van der Waals surface area (Å²) in [7, 11) is 1.50. The minimum absolute atomic E-state index is 0.244. The van der Waals surface area contributed by atoms with Gasteiger partial charge in [-0.25, -0.2) is 18.6 Å². The summed E-state index contributed by atoms with van der Waals surface area (Å²) in [6, 6.07) is 2.66. The van der Waals surface area contributed by atoms with Gasteiger partial charge in [0.25, 0.3) is 0 Å². The highest BCUT2D eigenvalue weighted by atomic mass is 19.2. The average molecular weight is 254 g/mol. The first kappa shape index (κ1) is 12.6.